The fourth-order valence-electron chi connectivity index (χ4n) is 2.24. The van der Waals surface area contributed by atoms with E-state index in [0.29, 0.717) is 30.9 Å². The molecule has 2 N–H and O–H groups in total. The maximum Gasteiger partial charge on any atom is 1.00 e. The molecule has 1 aromatic rings. The maximum absolute atomic E-state index is 14.1. The average molecular weight is 298 g/mol. The van der Waals surface area contributed by atoms with Gasteiger partial charge in [-0.1, -0.05) is 0 Å². The van der Waals surface area contributed by atoms with Gasteiger partial charge in [0.1, 0.15) is 11.9 Å². The number of imide groups is 1. The summed E-state index contributed by atoms with van der Waals surface area (Å²) in [4.78, 5) is 24.4. The van der Waals surface area contributed by atoms with E-state index in [1.54, 1.807) is 17.0 Å². The number of amides is 2. The number of nitrogens with zero attached hydrogens (tertiary/aromatic N) is 1. The van der Waals surface area contributed by atoms with Crippen LogP contribution >= 0.6 is 0 Å². The summed E-state index contributed by atoms with van der Waals surface area (Å²) in [5.74, 6) is -1.06. The largest absolute Gasteiger partial charge is 1.00 e. The van der Waals surface area contributed by atoms with Gasteiger partial charge in [-0.3, -0.25) is 14.9 Å². The molecule has 0 saturated carbocycles. The second-order valence-electron chi connectivity index (χ2n) is 4.80. The first-order valence-corrected chi connectivity index (χ1v) is 6.78. The number of nitrogens with one attached hydrogen (secondary N) is 2. The summed E-state index contributed by atoms with van der Waals surface area (Å²) in [6.07, 6.45) is 0.679. The van der Waals surface area contributed by atoms with Crippen molar-refractivity contribution in [3.8, 4) is 0 Å². The summed E-state index contributed by atoms with van der Waals surface area (Å²) in [6, 6.07) is 4.13. The predicted octanol–water partition coefficient (Wildman–Crippen LogP) is -1.48. The molecule has 0 spiro atoms. The fourth-order valence-corrected chi connectivity index (χ4v) is 2.24. The summed E-state index contributed by atoms with van der Waals surface area (Å²) < 4.78 is 14.1. The molecule has 1 atom stereocenters. The van der Waals surface area contributed by atoms with E-state index in [9.17, 15) is 14.0 Å². The van der Waals surface area contributed by atoms with Gasteiger partial charge in [-0.25, -0.2) is 4.39 Å². The van der Waals surface area contributed by atoms with Crippen molar-refractivity contribution in [1.82, 2.24) is 5.32 Å². The summed E-state index contributed by atoms with van der Waals surface area (Å²) in [7, 11) is 0. The van der Waals surface area contributed by atoms with E-state index in [0.717, 1.165) is 0 Å². The molecule has 114 valence electrons. The van der Waals surface area contributed by atoms with Gasteiger partial charge in [0.05, 0.1) is 5.69 Å². The van der Waals surface area contributed by atoms with E-state index in [4.69, 9.17) is 0 Å². The number of rotatable bonds is 5. The Balaban J connectivity index is 0.00000242. The van der Waals surface area contributed by atoms with Crippen molar-refractivity contribution in [2.75, 3.05) is 23.3 Å². The molecule has 0 bridgehead atoms. The first kappa shape index (κ1) is 18.5. The molecule has 1 aliphatic rings. The van der Waals surface area contributed by atoms with Gasteiger partial charge in [0.15, 0.2) is 0 Å². The zero-order valence-corrected chi connectivity index (χ0v) is 12.7. The molecule has 1 unspecified atom stereocenters. The zero-order chi connectivity index (χ0) is 15.4. The molecule has 1 aromatic carbocycles. The standard InChI is InChI=1S/C15H18FN3O2.Li/c1-3-19(4-2)13-7-5-10(9-11(13)16)17-12-6-8-14(20)18-15(12)21;/h5,7,9,12,17H,1-4,6,8H2,(H,18,20,21);/q-2;+1. The van der Waals surface area contributed by atoms with Crippen LogP contribution in [0.1, 0.15) is 12.8 Å². The molecule has 0 radical (unpaired) electrons. The average Bonchev–Trinajstić information content (AvgIpc) is 2.45. The van der Waals surface area contributed by atoms with Gasteiger partial charge in [0.2, 0.25) is 11.8 Å². The Kier molecular flexibility index (Phi) is 6.92. The monoisotopic (exact) mass is 298 g/mol. The molecule has 1 aliphatic heterocycles. The van der Waals surface area contributed by atoms with E-state index < -0.39 is 11.9 Å². The molecule has 2 rings (SSSR count). The van der Waals surface area contributed by atoms with Gasteiger partial charge < -0.3 is 24.1 Å². The number of hydrogen-bond donors (Lipinski definition) is 2. The molecule has 2 amide bonds. The molecule has 0 aliphatic carbocycles. The van der Waals surface area contributed by atoms with E-state index in [-0.39, 0.29) is 37.1 Å². The summed E-state index contributed by atoms with van der Waals surface area (Å²) in [5, 5.41) is 5.19. The Morgan fingerprint density at radius 3 is 2.55 bits per heavy atom. The number of piperidine rings is 1. The summed E-state index contributed by atoms with van der Waals surface area (Å²) in [5.41, 5.74) is 0.924. The van der Waals surface area contributed by atoms with Crippen molar-refractivity contribution >= 4 is 23.2 Å². The minimum atomic E-state index is -0.523. The third-order valence-corrected chi connectivity index (χ3v) is 3.41. The maximum atomic E-state index is 14.1. The van der Waals surface area contributed by atoms with E-state index in [2.05, 4.69) is 24.5 Å². The topological polar surface area (TPSA) is 61.4 Å². The number of carbonyl (C=O) groups is 2. The normalized spacial score (nSPS) is 17.5. The van der Waals surface area contributed by atoms with E-state index in [1.165, 1.54) is 6.07 Å². The van der Waals surface area contributed by atoms with Crippen LogP contribution in [0.15, 0.2) is 18.2 Å². The van der Waals surface area contributed by atoms with Gasteiger partial charge in [-0.05, 0) is 24.6 Å². The van der Waals surface area contributed by atoms with Crippen molar-refractivity contribution < 1.29 is 32.8 Å². The SMILES string of the molecule is [CH2-]CN(C[CH2-])c1ccc(NC2CCC(=O)NC2=O)cc1F.[Li+]. The number of halogens is 1. The smallest absolute Gasteiger partial charge is 0.429 e. The Morgan fingerprint density at radius 2 is 2.00 bits per heavy atom. The Hall–Kier alpha value is -1.51. The third-order valence-electron chi connectivity index (χ3n) is 3.41. The van der Waals surface area contributed by atoms with Gasteiger partial charge in [0.25, 0.3) is 0 Å². The third kappa shape index (κ3) is 4.25. The van der Waals surface area contributed by atoms with E-state index in [1.807, 2.05) is 0 Å². The fraction of sp³-hybridized carbons (Fsp3) is 0.333. The molecular weight excluding hydrogens is 280 g/mol. The van der Waals surface area contributed by atoms with Crippen LogP contribution in [0.2, 0.25) is 0 Å². The van der Waals surface area contributed by atoms with Crippen LogP contribution in [0.3, 0.4) is 0 Å². The van der Waals surface area contributed by atoms with Gasteiger partial charge in [-0.15, -0.1) is 13.1 Å². The predicted molar refractivity (Wildman–Crippen MR) is 79.1 cm³/mol. The van der Waals surface area contributed by atoms with Crippen molar-refractivity contribution in [2.24, 2.45) is 0 Å². The Morgan fingerprint density at radius 1 is 1.32 bits per heavy atom. The second kappa shape index (κ2) is 8.21. The van der Waals surface area contributed by atoms with Crippen LogP contribution in [0.4, 0.5) is 15.8 Å². The Bertz CT molecular complexity index is 550. The molecule has 1 heterocycles. The molecule has 1 saturated heterocycles. The van der Waals surface area contributed by atoms with E-state index >= 15 is 0 Å². The van der Waals surface area contributed by atoms with Crippen LogP contribution < -0.4 is 34.4 Å². The molecular formula is C15H18FLiN3O2-. The summed E-state index contributed by atoms with van der Waals surface area (Å²) >= 11 is 0. The minimum absolute atomic E-state index is 0. The first-order chi connectivity index (χ1) is 10.0. The van der Waals surface area contributed by atoms with Crippen LogP contribution in [0, 0.1) is 19.7 Å². The van der Waals surface area contributed by atoms with Crippen molar-refractivity contribution in [3.63, 3.8) is 0 Å². The van der Waals surface area contributed by atoms with Gasteiger partial charge in [-0.2, -0.15) is 0 Å². The first-order valence-electron chi connectivity index (χ1n) is 6.78. The molecule has 7 heteroatoms. The van der Waals surface area contributed by atoms with Crippen LogP contribution in [-0.2, 0) is 9.59 Å². The number of hydrogen-bond acceptors (Lipinski definition) is 4. The van der Waals surface area contributed by atoms with Crippen LogP contribution in [0.25, 0.3) is 0 Å². The molecule has 0 aromatic heterocycles. The molecule has 5 nitrogen and oxygen atoms in total. The summed E-state index contributed by atoms with van der Waals surface area (Å²) in [6.45, 7) is 8.29. The van der Waals surface area contributed by atoms with Gasteiger partial charge >= 0.3 is 18.9 Å². The van der Waals surface area contributed by atoms with Gasteiger partial charge in [0, 0.05) is 12.1 Å². The number of benzene rings is 1. The second-order valence-corrected chi connectivity index (χ2v) is 4.80. The molecule has 1 fully saturated rings. The van der Waals surface area contributed by atoms with Crippen molar-refractivity contribution in [1.29, 1.82) is 0 Å². The minimum Gasteiger partial charge on any atom is -0.429 e. The van der Waals surface area contributed by atoms with Crippen molar-refractivity contribution in [2.45, 2.75) is 18.9 Å². The molecule has 22 heavy (non-hydrogen) atoms. The number of anilines is 2. The van der Waals surface area contributed by atoms with Crippen molar-refractivity contribution in [3.05, 3.63) is 37.9 Å². The number of carbonyl (C=O) groups excluding carboxylic acids is 2. The van der Waals surface area contributed by atoms with Crippen LogP contribution in [0.5, 0.6) is 0 Å². The Labute approximate surface area is 141 Å². The quantitative estimate of drug-likeness (QED) is 0.395. The zero-order valence-electron chi connectivity index (χ0n) is 12.7. The van der Waals surface area contributed by atoms with Crippen LogP contribution in [-0.4, -0.2) is 30.9 Å².